The summed E-state index contributed by atoms with van der Waals surface area (Å²) in [7, 11) is 0. The standard InChI is InChI=1S/C12H22O2/c1-12(2,3)8-9-4-6-10(7-5-9)11(13)14/h9-10H,4-8H2,1-3H3,(H,13,14). The average Bonchev–Trinajstić information content (AvgIpc) is 2.02. The van der Waals surface area contributed by atoms with Crippen molar-refractivity contribution in [3.8, 4) is 0 Å². The van der Waals surface area contributed by atoms with Crippen LogP contribution >= 0.6 is 0 Å². The largest absolute Gasteiger partial charge is 0.481 e. The first-order valence-corrected chi connectivity index (χ1v) is 5.61. The fourth-order valence-electron chi connectivity index (χ4n) is 2.48. The van der Waals surface area contributed by atoms with Gasteiger partial charge in [0.05, 0.1) is 5.92 Å². The van der Waals surface area contributed by atoms with E-state index in [0.717, 1.165) is 31.6 Å². The van der Waals surface area contributed by atoms with Gasteiger partial charge in [-0.2, -0.15) is 0 Å². The van der Waals surface area contributed by atoms with E-state index in [2.05, 4.69) is 20.8 Å². The normalized spacial score (nSPS) is 28.8. The summed E-state index contributed by atoms with van der Waals surface area (Å²) in [5.74, 6) is 0.0935. The molecule has 0 aliphatic heterocycles. The number of aliphatic carboxylic acids is 1. The van der Waals surface area contributed by atoms with E-state index >= 15 is 0 Å². The summed E-state index contributed by atoms with van der Waals surface area (Å²) in [6.45, 7) is 6.78. The van der Waals surface area contributed by atoms with E-state index in [4.69, 9.17) is 5.11 Å². The quantitative estimate of drug-likeness (QED) is 0.739. The zero-order chi connectivity index (χ0) is 10.8. The highest BCUT2D eigenvalue weighted by Crippen LogP contribution is 2.36. The molecule has 2 heteroatoms. The van der Waals surface area contributed by atoms with Gasteiger partial charge >= 0.3 is 5.97 Å². The molecule has 0 radical (unpaired) electrons. The smallest absolute Gasteiger partial charge is 0.306 e. The van der Waals surface area contributed by atoms with Gasteiger partial charge in [-0.15, -0.1) is 0 Å². The number of hydrogen-bond acceptors (Lipinski definition) is 1. The van der Waals surface area contributed by atoms with E-state index in [-0.39, 0.29) is 5.92 Å². The highest BCUT2D eigenvalue weighted by Gasteiger charge is 2.28. The Morgan fingerprint density at radius 1 is 1.21 bits per heavy atom. The molecule has 82 valence electrons. The Morgan fingerprint density at radius 2 is 1.71 bits per heavy atom. The molecule has 0 bridgehead atoms. The van der Waals surface area contributed by atoms with Crippen LogP contribution in [0.4, 0.5) is 0 Å². The molecule has 0 atom stereocenters. The highest BCUT2D eigenvalue weighted by molar-refractivity contribution is 5.69. The first kappa shape index (κ1) is 11.5. The van der Waals surface area contributed by atoms with Crippen molar-refractivity contribution in [1.29, 1.82) is 0 Å². The monoisotopic (exact) mass is 198 g/mol. The van der Waals surface area contributed by atoms with E-state index in [0.29, 0.717) is 5.41 Å². The minimum Gasteiger partial charge on any atom is -0.481 e. The third kappa shape index (κ3) is 3.69. The third-order valence-corrected chi connectivity index (χ3v) is 3.10. The minimum atomic E-state index is -0.598. The van der Waals surface area contributed by atoms with E-state index in [9.17, 15) is 4.79 Å². The summed E-state index contributed by atoms with van der Waals surface area (Å²) in [5, 5.41) is 8.86. The van der Waals surface area contributed by atoms with Gasteiger partial charge in [-0.05, 0) is 43.4 Å². The molecule has 0 amide bonds. The van der Waals surface area contributed by atoms with Crippen LogP contribution < -0.4 is 0 Å². The SMILES string of the molecule is CC(C)(C)CC1CCC(C(=O)O)CC1. The predicted molar refractivity (Wildman–Crippen MR) is 57.2 cm³/mol. The Bertz CT molecular complexity index is 195. The van der Waals surface area contributed by atoms with Crippen molar-refractivity contribution < 1.29 is 9.90 Å². The molecule has 14 heavy (non-hydrogen) atoms. The number of rotatable bonds is 2. The van der Waals surface area contributed by atoms with Crippen molar-refractivity contribution in [2.75, 3.05) is 0 Å². The third-order valence-electron chi connectivity index (χ3n) is 3.10. The first-order valence-electron chi connectivity index (χ1n) is 5.61. The van der Waals surface area contributed by atoms with Gasteiger partial charge in [-0.3, -0.25) is 4.79 Å². The van der Waals surface area contributed by atoms with Crippen LogP contribution in [0.15, 0.2) is 0 Å². The van der Waals surface area contributed by atoms with Crippen LogP contribution in [0.5, 0.6) is 0 Å². The van der Waals surface area contributed by atoms with Gasteiger partial charge in [-0.1, -0.05) is 20.8 Å². The first-order chi connectivity index (χ1) is 6.38. The van der Waals surface area contributed by atoms with Gasteiger partial charge in [0, 0.05) is 0 Å². The Balaban J connectivity index is 2.33. The molecule has 0 aromatic rings. The summed E-state index contributed by atoms with van der Waals surface area (Å²) in [5.41, 5.74) is 0.390. The summed E-state index contributed by atoms with van der Waals surface area (Å²) in [6, 6.07) is 0. The molecule has 1 fully saturated rings. The van der Waals surface area contributed by atoms with Gasteiger partial charge in [0.25, 0.3) is 0 Å². The van der Waals surface area contributed by atoms with Crippen LogP contribution in [0.3, 0.4) is 0 Å². The molecule has 0 spiro atoms. The summed E-state index contributed by atoms with van der Waals surface area (Å²) in [4.78, 5) is 10.7. The van der Waals surface area contributed by atoms with Crippen LogP contribution in [0, 0.1) is 17.3 Å². The Kier molecular flexibility index (Phi) is 3.57. The maximum absolute atomic E-state index is 10.7. The van der Waals surface area contributed by atoms with Crippen LogP contribution in [0.25, 0.3) is 0 Å². The topological polar surface area (TPSA) is 37.3 Å². The average molecular weight is 198 g/mol. The fourth-order valence-corrected chi connectivity index (χ4v) is 2.48. The molecule has 0 aromatic heterocycles. The summed E-state index contributed by atoms with van der Waals surface area (Å²) in [6.07, 6.45) is 5.22. The Morgan fingerprint density at radius 3 is 2.07 bits per heavy atom. The van der Waals surface area contributed by atoms with Gasteiger partial charge in [0.2, 0.25) is 0 Å². The predicted octanol–water partition coefficient (Wildman–Crippen LogP) is 3.31. The van der Waals surface area contributed by atoms with Crippen molar-refractivity contribution in [2.45, 2.75) is 52.9 Å². The van der Waals surface area contributed by atoms with Crippen molar-refractivity contribution in [3.63, 3.8) is 0 Å². The second-order valence-corrected chi connectivity index (χ2v) is 5.82. The fraction of sp³-hybridized carbons (Fsp3) is 0.917. The molecule has 1 aliphatic rings. The van der Waals surface area contributed by atoms with Gasteiger partial charge in [0.1, 0.15) is 0 Å². The lowest BCUT2D eigenvalue weighted by Gasteiger charge is -2.31. The molecule has 1 N–H and O–H groups in total. The van der Waals surface area contributed by atoms with E-state index in [1.807, 2.05) is 0 Å². The molecule has 0 unspecified atom stereocenters. The van der Waals surface area contributed by atoms with Crippen LogP contribution in [-0.4, -0.2) is 11.1 Å². The second kappa shape index (κ2) is 4.33. The molecule has 1 rings (SSSR count). The molecule has 0 saturated heterocycles. The zero-order valence-corrected chi connectivity index (χ0v) is 9.55. The van der Waals surface area contributed by atoms with Gasteiger partial charge < -0.3 is 5.11 Å². The lowest BCUT2D eigenvalue weighted by Crippen LogP contribution is -2.23. The maximum atomic E-state index is 10.7. The maximum Gasteiger partial charge on any atom is 0.306 e. The molecule has 1 aliphatic carbocycles. The number of carbonyl (C=O) groups is 1. The van der Waals surface area contributed by atoms with Crippen molar-refractivity contribution >= 4 is 5.97 Å². The minimum absolute atomic E-state index is 0.0637. The molecule has 1 saturated carbocycles. The van der Waals surface area contributed by atoms with E-state index in [1.165, 1.54) is 6.42 Å². The second-order valence-electron chi connectivity index (χ2n) is 5.82. The van der Waals surface area contributed by atoms with Gasteiger partial charge in [0.15, 0.2) is 0 Å². The molecule has 0 heterocycles. The molecule has 2 nitrogen and oxygen atoms in total. The van der Waals surface area contributed by atoms with Crippen LogP contribution in [0.1, 0.15) is 52.9 Å². The van der Waals surface area contributed by atoms with Crippen molar-refractivity contribution in [1.82, 2.24) is 0 Å². The van der Waals surface area contributed by atoms with Crippen molar-refractivity contribution in [3.05, 3.63) is 0 Å². The van der Waals surface area contributed by atoms with Crippen LogP contribution in [-0.2, 0) is 4.79 Å². The molecular weight excluding hydrogens is 176 g/mol. The molecule has 0 aromatic carbocycles. The zero-order valence-electron chi connectivity index (χ0n) is 9.55. The Hall–Kier alpha value is -0.530. The highest BCUT2D eigenvalue weighted by atomic mass is 16.4. The van der Waals surface area contributed by atoms with E-state index < -0.39 is 5.97 Å². The van der Waals surface area contributed by atoms with E-state index in [1.54, 1.807) is 0 Å². The van der Waals surface area contributed by atoms with Crippen molar-refractivity contribution in [2.24, 2.45) is 17.3 Å². The van der Waals surface area contributed by atoms with Crippen LogP contribution in [0.2, 0.25) is 0 Å². The number of hydrogen-bond donors (Lipinski definition) is 1. The Labute approximate surface area is 86.7 Å². The number of carboxylic acid groups (broad SMARTS) is 1. The summed E-state index contributed by atoms with van der Waals surface area (Å²) < 4.78 is 0. The number of carboxylic acids is 1. The summed E-state index contributed by atoms with van der Waals surface area (Å²) >= 11 is 0. The lowest BCUT2D eigenvalue weighted by molar-refractivity contribution is -0.143. The molecular formula is C12H22O2. The van der Waals surface area contributed by atoms with Gasteiger partial charge in [-0.25, -0.2) is 0 Å². The lowest BCUT2D eigenvalue weighted by atomic mass is 9.75.